The maximum Gasteiger partial charge on any atom is 0.238 e. The lowest BCUT2D eigenvalue weighted by Crippen LogP contribution is -2.31. The first-order valence-corrected chi connectivity index (χ1v) is 3.95. The number of aliphatic hydroxyl groups is 1. The lowest BCUT2D eigenvalue weighted by molar-refractivity contribution is -0.120. The molecule has 0 unspecified atom stereocenters. The number of carbonyl (C=O) groups excluding carboxylic acids is 1. The first-order valence-electron chi connectivity index (χ1n) is 3.95. The summed E-state index contributed by atoms with van der Waals surface area (Å²) in [6.45, 7) is -0.0615. The topological polar surface area (TPSA) is 75.3 Å². The van der Waals surface area contributed by atoms with Gasteiger partial charge in [-0.15, -0.1) is 0 Å². The van der Waals surface area contributed by atoms with Crippen LogP contribution in [0.25, 0.3) is 0 Å². The van der Waals surface area contributed by atoms with E-state index in [0.717, 1.165) is 11.1 Å². The summed E-state index contributed by atoms with van der Waals surface area (Å²) in [5.74, 6) is 4.69. The molecule has 1 aromatic carbocycles. The Morgan fingerprint density at radius 1 is 1.38 bits per heavy atom. The molecule has 0 aliphatic rings. The van der Waals surface area contributed by atoms with Crippen molar-refractivity contribution in [2.75, 3.05) is 0 Å². The number of benzene rings is 1. The Hall–Kier alpha value is -1.39. The Labute approximate surface area is 76.3 Å². The Balaban J connectivity index is 2.81. The van der Waals surface area contributed by atoms with E-state index in [4.69, 9.17) is 10.9 Å². The van der Waals surface area contributed by atoms with Gasteiger partial charge >= 0.3 is 0 Å². The molecular weight excluding hydrogens is 168 g/mol. The largest absolute Gasteiger partial charge is 0.392 e. The minimum absolute atomic E-state index is 0.0615. The molecule has 70 valence electrons. The highest BCUT2D eigenvalue weighted by atomic mass is 16.3. The van der Waals surface area contributed by atoms with Gasteiger partial charge in [0.05, 0.1) is 13.0 Å². The monoisotopic (exact) mass is 180 g/mol. The molecule has 4 nitrogen and oxygen atoms in total. The van der Waals surface area contributed by atoms with Crippen LogP contribution in [0.3, 0.4) is 0 Å². The quantitative estimate of drug-likeness (QED) is 0.340. The van der Waals surface area contributed by atoms with Gasteiger partial charge in [0.1, 0.15) is 0 Å². The minimum Gasteiger partial charge on any atom is -0.392 e. The molecule has 0 saturated carbocycles. The summed E-state index contributed by atoms with van der Waals surface area (Å²) in [4.78, 5) is 10.9. The average molecular weight is 180 g/mol. The number of hydrogen-bond donors (Lipinski definition) is 3. The lowest BCUT2D eigenvalue weighted by atomic mass is 10.1. The van der Waals surface area contributed by atoms with E-state index in [1.807, 2.05) is 17.6 Å². The number of hydrazine groups is 1. The average Bonchev–Trinajstić information content (AvgIpc) is 2.18. The van der Waals surface area contributed by atoms with Crippen molar-refractivity contribution in [3.8, 4) is 0 Å². The van der Waals surface area contributed by atoms with Gasteiger partial charge in [0.15, 0.2) is 0 Å². The zero-order chi connectivity index (χ0) is 9.68. The third kappa shape index (κ3) is 2.54. The van der Waals surface area contributed by atoms with Gasteiger partial charge in [-0.2, -0.15) is 0 Å². The van der Waals surface area contributed by atoms with Crippen LogP contribution in [0.4, 0.5) is 0 Å². The molecule has 0 atom stereocenters. The highest BCUT2D eigenvalue weighted by molar-refractivity contribution is 5.78. The maximum atomic E-state index is 10.9. The fraction of sp³-hybridized carbons (Fsp3) is 0.222. The standard InChI is InChI=1S/C9H12N2O2/c10-11-9(13)5-7-3-1-2-4-8(7)6-12/h1-4,12H,5-6,10H2,(H,11,13). The van der Waals surface area contributed by atoms with E-state index in [0.29, 0.717) is 0 Å². The molecule has 0 bridgehead atoms. The Bertz CT molecular complexity index is 299. The second-order valence-corrected chi connectivity index (χ2v) is 2.67. The van der Waals surface area contributed by atoms with Crippen LogP contribution in [-0.4, -0.2) is 11.0 Å². The zero-order valence-electron chi connectivity index (χ0n) is 7.16. The highest BCUT2D eigenvalue weighted by Crippen LogP contribution is 2.08. The fourth-order valence-electron chi connectivity index (χ4n) is 1.11. The second kappa shape index (κ2) is 4.59. The number of amides is 1. The van der Waals surface area contributed by atoms with Crippen molar-refractivity contribution in [3.05, 3.63) is 35.4 Å². The normalized spacial score (nSPS) is 9.69. The Morgan fingerprint density at radius 3 is 2.54 bits per heavy atom. The van der Waals surface area contributed by atoms with Crippen molar-refractivity contribution in [2.45, 2.75) is 13.0 Å². The summed E-state index contributed by atoms with van der Waals surface area (Å²) < 4.78 is 0. The molecule has 0 spiro atoms. The third-order valence-electron chi connectivity index (χ3n) is 1.80. The number of rotatable bonds is 3. The molecule has 0 aliphatic carbocycles. The predicted octanol–water partition coefficient (Wildman–Crippen LogP) is -0.289. The third-order valence-corrected chi connectivity index (χ3v) is 1.80. The zero-order valence-corrected chi connectivity index (χ0v) is 7.16. The molecule has 13 heavy (non-hydrogen) atoms. The first-order chi connectivity index (χ1) is 6.27. The molecule has 4 heteroatoms. The van der Waals surface area contributed by atoms with Crippen molar-refractivity contribution in [1.82, 2.24) is 5.43 Å². The van der Waals surface area contributed by atoms with E-state index >= 15 is 0 Å². The van der Waals surface area contributed by atoms with Gasteiger partial charge in [0.25, 0.3) is 0 Å². The van der Waals surface area contributed by atoms with E-state index < -0.39 is 0 Å². The highest BCUT2D eigenvalue weighted by Gasteiger charge is 2.04. The molecule has 1 aromatic rings. The SMILES string of the molecule is NNC(=O)Cc1ccccc1CO. The van der Waals surface area contributed by atoms with E-state index in [-0.39, 0.29) is 18.9 Å². The maximum absolute atomic E-state index is 10.9. The number of carbonyl (C=O) groups is 1. The predicted molar refractivity (Wildman–Crippen MR) is 48.4 cm³/mol. The molecular formula is C9H12N2O2. The van der Waals surface area contributed by atoms with Crippen molar-refractivity contribution in [1.29, 1.82) is 0 Å². The van der Waals surface area contributed by atoms with Crippen LogP contribution in [0.5, 0.6) is 0 Å². The van der Waals surface area contributed by atoms with E-state index in [9.17, 15) is 4.79 Å². The van der Waals surface area contributed by atoms with Crippen molar-refractivity contribution < 1.29 is 9.90 Å². The smallest absolute Gasteiger partial charge is 0.238 e. The van der Waals surface area contributed by atoms with Crippen molar-refractivity contribution in [2.24, 2.45) is 5.84 Å². The van der Waals surface area contributed by atoms with Crippen LogP contribution in [0.15, 0.2) is 24.3 Å². The van der Waals surface area contributed by atoms with Crippen LogP contribution in [-0.2, 0) is 17.8 Å². The van der Waals surface area contributed by atoms with Crippen LogP contribution < -0.4 is 11.3 Å². The van der Waals surface area contributed by atoms with E-state index in [1.165, 1.54) is 0 Å². The molecule has 4 N–H and O–H groups in total. The molecule has 0 aromatic heterocycles. The summed E-state index contributed by atoms with van der Waals surface area (Å²) in [5, 5.41) is 8.94. The first kappa shape index (κ1) is 9.70. The van der Waals surface area contributed by atoms with Gasteiger partial charge in [-0.1, -0.05) is 24.3 Å². The molecule has 0 radical (unpaired) electrons. The molecule has 0 fully saturated rings. The van der Waals surface area contributed by atoms with Crippen LogP contribution in [0.1, 0.15) is 11.1 Å². The molecule has 0 heterocycles. The van der Waals surface area contributed by atoms with Crippen LogP contribution in [0, 0.1) is 0 Å². The summed E-state index contributed by atoms with van der Waals surface area (Å²) >= 11 is 0. The van der Waals surface area contributed by atoms with Gasteiger partial charge in [-0.05, 0) is 11.1 Å². The summed E-state index contributed by atoms with van der Waals surface area (Å²) in [7, 11) is 0. The Morgan fingerprint density at radius 2 is 2.00 bits per heavy atom. The number of hydrogen-bond acceptors (Lipinski definition) is 3. The van der Waals surface area contributed by atoms with Crippen LogP contribution in [0.2, 0.25) is 0 Å². The van der Waals surface area contributed by atoms with Gasteiger partial charge in [0.2, 0.25) is 5.91 Å². The Kier molecular flexibility index (Phi) is 3.42. The lowest BCUT2D eigenvalue weighted by Gasteiger charge is -2.05. The number of nitrogens with one attached hydrogen (secondary N) is 1. The molecule has 0 saturated heterocycles. The van der Waals surface area contributed by atoms with Crippen LogP contribution >= 0.6 is 0 Å². The van der Waals surface area contributed by atoms with Crippen molar-refractivity contribution >= 4 is 5.91 Å². The summed E-state index contributed by atoms with van der Waals surface area (Å²) in [6, 6.07) is 7.20. The summed E-state index contributed by atoms with van der Waals surface area (Å²) in [6.07, 6.45) is 0.202. The fourth-order valence-corrected chi connectivity index (χ4v) is 1.11. The van der Waals surface area contributed by atoms with Crippen molar-refractivity contribution in [3.63, 3.8) is 0 Å². The molecule has 1 rings (SSSR count). The van der Waals surface area contributed by atoms with Gasteiger partial charge in [-0.25, -0.2) is 5.84 Å². The number of aliphatic hydroxyl groups excluding tert-OH is 1. The van der Waals surface area contributed by atoms with E-state index in [2.05, 4.69) is 0 Å². The minimum atomic E-state index is -0.263. The number of nitrogens with two attached hydrogens (primary N) is 1. The van der Waals surface area contributed by atoms with E-state index in [1.54, 1.807) is 12.1 Å². The van der Waals surface area contributed by atoms with Gasteiger partial charge in [-0.3, -0.25) is 10.2 Å². The second-order valence-electron chi connectivity index (χ2n) is 2.67. The summed E-state index contributed by atoms with van der Waals surface area (Å²) in [5.41, 5.74) is 3.60. The van der Waals surface area contributed by atoms with Gasteiger partial charge in [0, 0.05) is 0 Å². The molecule has 1 amide bonds. The van der Waals surface area contributed by atoms with Gasteiger partial charge < -0.3 is 5.11 Å². The molecule has 0 aliphatic heterocycles.